The lowest BCUT2D eigenvalue weighted by Crippen LogP contribution is -2.60. The van der Waals surface area contributed by atoms with Crippen molar-refractivity contribution in [2.75, 3.05) is 63.4 Å². The molecule has 4 aliphatic heterocycles. The van der Waals surface area contributed by atoms with Gasteiger partial charge in [-0.25, -0.2) is 0 Å². The highest BCUT2D eigenvalue weighted by Crippen LogP contribution is 2.62. The molecule has 6 aliphatic rings. The van der Waals surface area contributed by atoms with E-state index < -0.39 is 34.9 Å². The van der Waals surface area contributed by atoms with Gasteiger partial charge in [0.25, 0.3) is 5.91 Å². The number of amides is 6. The van der Waals surface area contributed by atoms with Gasteiger partial charge in [0.05, 0.1) is 45.7 Å². The van der Waals surface area contributed by atoms with Gasteiger partial charge in [0.15, 0.2) is 0 Å². The Hall–Kier alpha value is -5.68. The summed E-state index contributed by atoms with van der Waals surface area (Å²) in [4.78, 5) is 80.8. The Morgan fingerprint density at radius 2 is 1.42 bits per heavy atom. The summed E-state index contributed by atoms with van der Waals surface area (Å²) in [6, 6.07) is 22.2. The first-order valence-corrected chi connectivity index (χ1v) is 24.3. The number of hydrogen-bond donors (Lipinski definition) is 6. The Morgan fingerprint density at radius 1 is 0.716 bits per heavy atom. The number of anilines is 2. The number of benzene rings is 3. The fourth-order valence-electron chi connectivity index (χ4n) is 11.9. The predicted octanol–water partition coefficient (Wildman–Crippen LogP) is 4.05. The van der Waals surface area contributed by atoms with Crippen molar-refractivity contribution in [1.82, 2.24) is 26.2 Å². The van der Waals surface area contributed by atoms with Crippen LogP contribution in [0.2, 0.25) is 0 Å². The zero-order valence-corrected chi connectivity index (χ0v) is 38.1. The summed E-state index contributed by atoms with van der Waals surface area (Å²) in [5.41, 5.74) is 3.50. The summed E-state index contributed by atoms with van der Waals surface area (Å²) in [6.45, 7) is 3.59. The van der Waals surface area contributed by atoms with Gasteiger partial charge >= 0.3 is 0 Å². The Kier molecular flexibility index (Phi) is 14.3. The largest absolute Gasteiger partial charge is 0.382 e. The number of ether oxygens (including phenoxy) is 3. The molecule has 67 heavy (non-hydrogen) atoms. The number of para-hydroxylation sites is 1. The van der Waals surface area contributed by atoms with E-state index in [0.29, 0.717) is 96.9 Å². The second-order valence-corrected chi connectivity index (χ2v) is 18.8. The van der Waals surface area contributed by atoms with E-state index in [0.717, 1.165) is 60.2 Å². The van der Waals surface area contributed by atoms with Gasteiger partial charge in [0.2, 0.25) is 29.5 Å². The molecule has 1 unspecified atom stereocenters. The molecule has 3 aromatic carbocycles. The van der Waals surface area contributed by atoms with Crippen LogP contribution in [0.15, 0.2) is 72.8 Å². The molecule has 4 fully saturated rings. The monoisotopic (exact) mass is 917 g/mol. The maximum atomic E-state index is 14.5. The number of rotatable bonds is 18. The molecule has 2 spiro atoms. The van der Waals surface area contributed by atoms with Crippen molar-refractivity contribution in [2.24, 2.45) is 5.92 Å². The maximum Gasteiger partial charge on any atom is 0.255 e. The van der Waals surface area contributed by atoms with Gasteiger partial charge in [-0.05, 0) is 74.3 Å². The highest BCUT2D eigenvalue weighted by Gasteiger charge is 2.72. The molecule has 3 aromatic rings. The maximum absolute atomic E-state index is 14.5. The molecule has 0 aromatic heterocycles. The minimum atomic E-state index is -0.930. The normalized spacial score (nSPS) is 26.3. The lowest BCUT2D eigenvalue weighted by molar-refractivity contribution is -0.137. The zero-order valence-electron chi connectivity index (χ0n) is 38.1. The van der Waals surface area contributed by atoms with Gasteiger partial charge in [-0.2, -0.15) is 0 Å². The van der Waals surface area contributed by atoms with Gasteiger partial charge < -0.3 is 40.4 Å². The Morgan fingerprint density at radius 3 is 2.16 bits per heavy atom. The quantitative estimate of drug-likeness (QED) is 0.0794. The van der Waals surface area contributed by atoms with Gasteiger partial charge in [-0.3, -0.25) is 39.4 Å². The number of piperidine rings is 1. The topological polar surface area (TPSA) is 206 Å². The summed E-state index contributed by atoms with van der Waals surface area (Å²) < 4.78 is 17.0. The van der Waals surface area contributed by atoms with E-state index >= 15 is 0 Å². The molecular formula is C51H63N7O9. The summed E-state index contributed by atoms with van der Waals surface area (Å²) in [6.07, 6.45) is 8.01. The molecular weight excluding hydrogens is 855 g/mol. The molecule has 2 saturated heterocycles. The average Bonchev–Trinajstić information content (AvgIpc) is 3.95. The SMILES string of the molecule is O=C1CCC(N2Cc3c(NCCOCCOCCOCCNC(=O)[C@H]4CC[C@H](NC(=O)[C@@H]5NC6(CCCCC6)[C@@]6(C(=O)Nc7ccccc76)[C@H]5c5ccccc5)CC4)cccc3C2=O)C(=O)N1. The minimum absolute atomic E-state index is 0.00398. The fraction of sp³-hybridized carbons (Fsp3) is 0.529. The number of hydrogen-bond acceptors (Lipinski definition) is 11. The lowest BCUT2D eigenvalue weighted by Gasteiger charge is -2.47. The van der Waals surface area contributed by atoms with Crippen LogP contribution in [0.25, 0.3) is 0 Å². The molecule has 0 bridgehead atoms. The van der Waals surface area contributed by atoms with Crippen molar-refractivity contribution < 1.29 is 43.0 Å². The molecule has 9 rings (SSSR count). The second kappa shape index (κ2) is 20.7. The van der Waals surface area contributed by atoms with Crippen molar-refractivity contribution in [3.63, 3.8) is 0 Å². The molecule has 16 nitrogen and oxygen atoms in total. The summed E-state index contributed by atoms with van der Waals surface area (Å²) in [5.74, 6) is -1.59. The highest BCUT2D eigenvalue weighted by atomic mass is 16.5. The smallest absolute Gasteiger partial charge is 0.255 e. The van der Waals surface area contributed by atoms with Crippen molar-refractivity contribution in [1.29, 1.82) is 0 Å². The first-order valence-electron chi connectivity index (χ1n) is 24.3. The average molecular weight is 918 g/mol. The molecule has 6 amide bonds. The zero-order chi connectivity index (χ0) is 46.4. The number of imide groups is 1. The standard InChI is InChI=1S/C51H63N7O9/c59-42-21-20-41(46(61)56-42)58-32-37-36(48(58)63)12-9-15-39(37)52-24-26-65-28-30-67-31-29-66-27-25-53-45(60)34-16-18-35(19-17-34)54-47(62)44-43(33-10-3-1-4-11-33)51(50(57-44)22-7-2-8-23-50)38-13-5-6-14-40(38)55-49(51)64/h1,3-6,9-15,34-35,41,43-44,52,57H,2,7-8,16-32H2,(H,53,60)(H,54,62)(H,55,64)(H,56,59,61)/t34-,35-,41?,43-,44+,51+/m0/s1. The minimum Gasteiger partial charge on any atom is -0.382 e. The van der Waals surface area contributed by atoms with Gasteiger partial charge in [-0.15, -0.1) is 0 Å². The molecule has 0 radical (unpaired) electrons. The molecule has 4 atom stereocenters. The number of nitrogens with zero attached hydrogens (tertiary/aromatic N) is 1. The first-order chi connectivity index (χ1) is 32.7. The van der Waals surface area contributed by atoms with E-state index in [1.807, 2.05) is 42.5 Å². The van der Waals surface area contributed by atoms with Gasteiger partial charge in [0, 0.05) is 72.0 Å². The van der Waals surface area contributed by atoms with E-state index in [9.17, 15) is 28.8 Å². The van der Waals surface area contributed by atoms with Crippen molar-refractivity contribution in [3.05, 3.63) is 95.1 Å². The van der Waals surface area contributed by atoms with Crippen molar-refractivity contribution in [3.8, 4) is 0 Å². The van der Waals surface area contributed by atoms with Crippen LogP contribution in [0.5, 0.6) is 0 Å². The number of nitrogens with one attached hydrogen (secondary N) is 6. The van der Waals surface area contributed by atoms with Crippen LogP contribution in [0.1, 0.15) is 104 Å². The number of carbonyl (C=O) groups excluding carboxylic acids is 6. The van der Waals surface area contributed by atoms with Crippen LogP contribution in [-0.4, -0.2) is 117 Å². The summed E-state index contributed by atoms with van der Waals surface area (Å²) >= 11 is 0. The van der Waals surface area contributed by atoms with Crippen LogP contribution < -0.4 is 31.9 Å². The van der Waals surface area contributed by atoms with Crippen molar-refractivity contribution >= 4 is 46.8 Å². The van der Waals surface area contributed by atoms with Crippen LogP contribution in [-0.2, 0) is 50.1 Å². The molecule has 6 N–H and O–H groups in total. The fourth-order valence-corrected chi connectivity index (χ4v) is 11.9. The van der Waals surface area contributed by atoms with Gasteiger partial charge in [-0.1, -0.05) is 73.9 Å². The van der Waals surface area contributed by atoms with Crippen LogP contribution in [0.3, 0.4) is 0 Å². The Bertz CT molecular complexity index is 2310. The van der Waals surface area contributed by atoms with E-state index in [-0.39, 0.29) is 47.9 Å². The van der Waals surface area contributed by atoms with E-state index in [1.54, 1.807) is 12.1 Å². The van der Waals surface area contributed by atoms with E-state index in [1.165, 1.54) is 4.90 Å². The Balaban J connectivity index is 0.653. The molecule has 16 heteroatoms. The molecule has 4 heterocycles. The van der Waals surface area contributed by atoms with Crippen LogP contribution in [0, 0.1) is 5.92 Å². The second-order valence-electron chi connectivity index (χ2n) is 18.8. The number of fused-ring (bicyclic) bond motifs is 4. The third-order valence-electron chi connectivity index (χ3n) is 15.0. The molecule has 2 saturated carbocycles. The van der Waals surface area contributed by atoms with E-state index in [4.69, 9.17) is 14.2 Å². The van der Waals surface area contributed by atoms with Crippen molar-refractivity contribution in [2.45, 2.75) is 112 Å². The third kappa shape index (κ3) is 9.33. The van der Waals surface area contributed by atoms with Crippen LogP contribution in [0.4, 0.5) is 11.4 Å². The highest BCUT2D eigenvalue weighted by molar-refractivity contribution is 6.10. The van der Waals surface area contributed by atoms with Crippen LogP contribution >= 0.6 is 0 Å². The summed E-state index contributed by atoms with van der Waals surface area (Å²) in [5, 5.41) is 19.2. The third-order valence-corrected chi connectivity index (χ3v) is 15.0. The first kappa shape index (κ1) is 46.4. The Labute approximate surface area is 391 Å². The number of carbonyl (C=O) groups is 6. The molecule has 356 valence electrons. The molecule has 2 aliphatic carbocycles. The summed E-state index contributed by atoms with van der Waals surface area (Å²) in [7, 11) is 0. The lowest BCUT2D eigenvalue weighted by atomic mass is 9.55. The predicted molar refractivity (Wildman–Crippen MR) is 249 cm³/mol. The van der Waals surface area contributed by atoms with E-state index in [2.05, 4.69) is 50.1 Å². The van der Waals surface area contributed by atoms with Gasteiger partial charge in [0.1, 0.15) is 11.5 Å².